The van der Waals surface area contributed by atoms with Crippen LogP contribution in [0.1, 0.15) is 17.0 Å². The number of fused-ring (bicyclic) bond motifs is 1. The molecule has 3 rings (SSSR count). The molecule has 2 aromatic carbocycles. The first-order valence-electron chi connectivity index (χ1n) is 6.64. The van der Waals surface area contributed by atoms with Crippen molar-refractivity contribution in [2.45, 2.75) is 5.92 Å². The minimum atomic E-state index is -0.0544. The van der Waals surface area contributed by atoms with Gasteiger partial charge in [0, 0.05) is 23.0 Å². The van der Waals surface area contributed by atoms with Crippen molar-refractivity contribution in [3.8, 4) is 5.75 Å². The first-order valence-corrected chi connectivity index (χ1v) is 6.64. The number of aliphatic hydroxyl groups is 1. The first kappa shape index (κ1) is 12.8. The first-order chi connectivity index (χ1) is 9.83. The quantitative estimate of drug-likeness (QED) is 0.761. The van der Waals surface area contributed by atoms with Gasteiger partial charge in [0.2, 0.25) is 0 Å². The van der Waals surface area contributed by atoms with E-state index in [1.54, 1.807) is 7.11 Å². The number of hydrogen-bond acceptors (Lipinski definition) is 2. The summed E-state index contributed by atoms with van der Waals surface area (Å²) >= 11 is 0. The van der Waals surface area contributed by atoms with Gasteiger partial charge in [-0.2, -0.15) is 0 Å². The highest BCUT2D eigenvalue weighted by atomic mass is 16.5. The minimum absolute atomic E-state index is 0.0544. The standard InChI is InChI=1S/C17H17NO2/c1-20-13-6-4-5-12(9-13)16(11-19)15-10-18-17-8-3-2-7-14(15)17/h2-10,16,18-19H,11H2,1H3. The van der Waals surface area contributed by atoms with E-state index in [-0.39, 0.29) is 12.5 Å². The number of benzene rings is 2. The maximum Gasteiger partial charge on any atom is 0.119 e. The van der Waals surface area contributed by atoms with Crippen LogP contribution in [0.3, 0.4) is 0 Å². The lowest BCUT2D eigenvalue weighted by molar-refractivity contribution is 0.281. The maximum absolute atomic E-state index is 9.82. The Morgan fingerprint density at radius 1 is 1.15 bits per heavy atom. The number of methoxy groups -OCH3 is 1. The molecular weight excluding hydrogens is 250 g/mol. The summed E-state index contributed by atoms with van der Waals surface area (Å²) in [7, 11) is 1.65. The molecule has 102 valence electrons. The number of hydrogen-bond donors (Lipinski definition) is 2. The molecule has 0 spiro atoms. The van der Waals surface area contributed by atoms with Gasteiger partial charge in [0.05, 0.1) is 13.7 Å². The fourth-order valence-corrected chi connectivity index (χ4v) is 2.62. The average Bonchev–Trinajstić information content (AvgIpc) is 2.93. The zero-order valence-corrected chi connectivity index (χ0v) is 11.3. The van der Waals surface area contributed by atoms with Crippen molar-refractivity contribution in [3.05, 3.63) is 65.9 Å². The molecule has 0 saturated heterocycles. The molecule has 0 amide bonds. The Hall–Kier alpha value is -2.26. The van der Waals surface area contributed by atoms with E-state index in [1.165, 1.54) is 0 Å². The van der Waals surface area contributed by atoms with Crippen LogP contribution in [0.25, 0.3) is 10.9 Å². The molecule has 2 N–H and O–H groups in total. The predicted octanol–water partition coefficient (Wildman–Crippen LogP) is 3.30. The monoisotopic (exact) mass is 267 g/mol. The molecule has 1 heterocycles. The summed E-state index contributed by atoms with van der Waals surface area (Å²) in [4.78, 5) is 3.26. The van der Waals surface area contributed by atoms with Gasteiger partial charge in [-0.05, 0) is 29.3 Å². The predicted molar refractivity (Wildman–Crippen MR) is 80.2 cm³/mol. The van der Waals surface area contributed by atoms with E-state index in [4.69, 9.17) is 4.74 Å². The zero-order chi connectivity index (χ0) is 13.9. The number of H-pyrrole nitrogens is 1. The lowest BCUT2D eigenvalue weighted by Gasteiger charge is -2.15. The third kappa shape index (κ3) is 2.17. The maximum atomic E-state index is 9.82. The summed E-state index contributed by atoms with van der Waals surface area (Å²) in [5.41, 5.74) is 3.25. The summed E-state index contributed by atoms with van der Waals surface area (Å²) in [5.74, 6) is 0.752. The van der Waals surface area contributed by atoms with Crippen molar-refractivity contribution in [2.24, 2.45) is 0 Å². The molecule has 0 saturated carbocycles. The van der Waals surface area contributed by atoms with E-state index >= 15 is 0 Å². The molecule has 0 bridgehead atoms. The molecule has 1 atom stereocenters. The summed E-state index contributed by atoms with van der Waals surface area (Å²) in [6, 6.07) is 16.0. The molecule has 1 unspecified atom stereocenters. The molecule has 3 nitrogen and oxygen atoms in total. The second-order valence-electron chi connectivity index (χ2n) is 4.80. The van der Waals surface area contributed by atoms with Crippen LogP contribution in [0.4, 0.5) is 0 Å². The smallest absolute Gasteiger partial charge is 0.119 e. The Morgan fingerprint density at radius 3 is 2.80 bits per heavy atom. The Morgan fingerprint density at radius 2 is 2.00 bits per heavy atom. The Balaban J connectivity index is 2.09. The van der Waals surface area contributed by atoms with Crippen LogP contribution in [0.5, 0.6) is 5.75 Å². The molecule has 0 fully saturated rings. The average molecular weight is 267 g/mol. The highest BCUT2D eigenvalue weighted by Crippen LogP contribution is 2.31. The van der Waals surface area contributed by atoms with Gasteiger partial charge < -0.3 is 14.8 Å². The third-order valence-electron chi connectivity index (χ3n) is 3.68. The highest BCUT2D eigenvalue weighted by Gasteiger charge is 2.17. The number of nitrogens with one attached hydrogen (secondary N) is 1. The van der Waals surface area contributed by atoms with Crippen molar-refractivity contribution in [2.75, 3.05) is 13.7 Å². The molecule has 3 heteroatoms. The van der Waals surface area contributed by atoms with E-state index < -0.39 is 0 Å². The van der Waals surface area contributed by atoms with Gasteiger partial charge in [-0.15, -0.1) is 0 Å². The van der Waals surface area contributed by atoms with E-state index in [0.717, 1.165) is 27.8 Å². The molecule has 0 aliphatic carbocycles. The molecule has 0 radical (unpaired) electrons. The number of aromatic nitrogens is 1. The van der Waals surface area contributed by atoms with Crippen LogP contribution in [-0.4, -0.2) is 23.8 Å². The number of aliphatic hydroxyl groups excluding tert-OH is 1. The SMILES string of the molecule is COc1cccc(C(CO)c2c[nH]c3ccccc23)c1. The van der Waals surface area contributed by atoms with Gasteiger partial charge >= 0.3 is 0 Å². The molecule has 0 aliphatic rings. The molecule has 0 aliphatic heterocycles. The minimum Gasteiger partial charge on any atom is -0.497 e. The fourth-order valence-electron chi connectivity index (χ4n) is 2.62. The Bertz CT molecular complexity index is 718. The van der Waals surface area contributed by atoms with Crippen molar-refractivity contribution in [1.82, 2.24) is 4.98 Å². The van der Waals surface area contributed by atoms with E-state index in [2.05, 4.69) is 11.1 Å². The highest BCUT2D eigenvalue weighted by molar-refractivity contribution is 5.84. The molecule has 1 aromatic heterocycles. The summed E-state index contributed by atoms with van der Waals surface area (Å²) < 4.78 is 5.26. The molecule has 20 heavy (non-hydrogen) atoms. The second-order valence-corrected chi connectivity index (χ2v) is 4.80. The van der Waals surface area contributed by atoms with Gasteiger partial charge in [-0.1, -0.05) is 30.3 Å². The van der Waals surface area contributed by atoms with E-state index in [9.17, 15) is 5.11 Å². The summed E-state index contributed by atoms with van der Waals surface area (Å²) in [6.07, 6.45) is 1.98. The van der Waals surface area contributed by atoms with Crippen LogP contribution in [-0.2, 0) is 0 Å². The number of ether oxygens (including phenoxy) is 1. The van der Waals surface area contributed by atoms with Crippen LogP contribution < -0.4 is 4.74 Å². The Labute approximate surface area is 117 Å². The van der Waals surface area contributed by atoms with Gasteiger partial charge in [0.1, 0.15) is 5.75 Å². The number of para-hydroxylation sites is 1. The number of rotatable bonds is 4. The molecular formula is C17H17NO2. The van der Waals surface area contributed by atoms with Crippen LogP contribution in [0, 0.1) is 0 Å². The second kappa shape index (κ2) is 5.39. The topological polar surface area (TPSA) is 45.2 Å². The lowest BCUT2D eigenvalue weighted by atomic mass is 9.91. The van der Waals surface area contributed by atoms with E-state index in [0.29, 0.717) is 0 Å². The Kier molecular flexibility index (Phi) is 3.44. The van der Waals surface area contributed by atoms with Crippen molar-refractivity contribution >= 4 is 10.9 Å². The van der Waals surface area contributed by atoms with Gasteiger partial charge in [0.25, 0.3) is 0 Å². The van der Waals surface area contributed by atoms with E-state index in [1.807, 2.05) is 48.7 Å². The van der Waals surface area contributed by atoms with Gasteiger partial charge in [0.15, 0.2) is 0 Å². The molecule has 3 aromatic rings. The van der Waals surface area contributed by atoms with Crippen molar-refractivity contribution < 1.29 is 9.84 Å². The largest absolute Gasteiger partial charge is 0.497 e. The number of aromatic amines is 1. The van der Waals surface area contributed by atoms with Gasteiger partial charge in [-0.25, -0.2) is 0 Å². The van der Waals surface area contributed by atoms with Crippen molar-refractivity contribution in [3.63, 3.8) is 0 Å². The van der Waals surface area contributed by atoms with Crippen LogP contribution in [0.2, 0.25) is 0 Å². The van der Waals surface area contributed by atoms with Crippen LogP contribution >= 0.6 is 0 Å². The van der Waals surface area contributed by atoms with Crippen molar-refractivity contribution in [1.29, 1.82) is 0 Å². The fraction of sp³-hybridized carbons (Fsp3) is 0.176. The third-order valence-corrected chi connectivity index (χ3v) is 3.68. The van der Waals surface area contributed by atoms with Gasteiger partial charge in [-0.3, -0.25) is 0 Å². The summed E-state index contributed by atoms with van der Waals surface area (Å²) in [6.45, 7) is 0.0645. The van der Waals surface area contributed by atoms with Crippen LogP contribution in [0.15, 0.2) is 54.7 Å². The lowest BCUT2D eigenvalue weighted by Crippen LogP contribution is -2.05. The normalized spacial score (nSPS) is 12.5. The zero-order valence-electron chi connectivity index (χ0n) is 11.3. The summed E-state index contributed by atoms with van der Waals surface area (Å²) in [5, 5.41) is 11.0.